The van der Waals surface area contributed by atoms with Gasteiger partial charge in [0.2, 0.25) is 0 Å². The lowest BCUT2D eigenvalue weighted by Crippen LogP contribution is -2.43. The van der Waals surface area contributed by atoms with Crippen molar-refractivity contribution >= 4 is 22.2 Å². The Bertz CT molecular complexity index is 1480. The van der Waals surface area contributed by atoms with E-state index in [0.29, 0.717) is 0 Å². The molecule has 2 aromatic carbocycles. The zero-order chi connectivity index (χ0) is 23.1. The summed E-state index contributed by atoms with van der Waals surface area (Å²) >= 11 is 0. The van der Waals surface area contributed by atoms with Gasteiger partial charge in [0.05, 0.1) is 24.5 Å². The van der Waals surface area contributed by atoms with Crippen molar-refractivity contribution in [2.24, 2.45) is 0 Å². The predicted octanol–water partition coefficient (Wildman–Crippen LogP) is 4.94. The molecule has 34 heavy (non-hydrogen) atoms. The van der Waals surface area contributed by atoms with E-state index in [1.165, 1.54) is 11.3 Å². The third-order valence-corrected chi connectivity index (χ3v) is 6.62. The zero-order valence-electron chi connectivity index (χ0n) is 19.5. The molecule has 1 aliphatic rings. The molecule has 3 aromatic heterocycles. The highest BCUT2D eigenvalue weighted by molar-refractivity contribution is 5.95. The van der Waals surface area contributed by atoms with Crippen LogP contribution in [0.2, 0.25) is 0 Å². The Balaban J connectivity index is 1.38. The molecule has 1 N–H and O–H groups in total. The molecule has 6 nitrogen and oxygen atoms in total. The van der Waals surface area contributed by atoms with Crippen LogP contribution in [0.1, 0.15) is 5.69 Å². The van der Waals surface area contributed by atoms with Crippen LogP contribution >= 0.6 is 0 Å². The highest BCUT2D eigenvalue weighted by Crippen LogP contribution is 2.33. The number of benzene rings is 2. The molecule has 1 fully saturated rings. The van der Waals surface area contributed by atoms with Crippen molar-refractivity contribution in [1.82, 2.24) is 19.7 Å². The van der Waals surface area contributed by atoms with E-state index in [0.717, 1.165) is 71.0 Å². The van der Waals surface area contributed by atoms with Gasteiger partial charge in [-0.05, 0) is 66.6 Å². The summed E-state index contributed by atoms with van der Waals surface area (Å²) in [6.07, 6.45) is 4.05. The summed E-state index contributed by atoms with van der Waals surface area (Å²) < 4.78 is 7.61. The number of anilines is 1. The number of hydrogen-bond donors (Lipinski definition) is 1. The summed E-state index contributed by atoms with van der Waals surface area (Å²) in [5.41, 5.74) is 8.63. The Morgan fingerprint density at radius 2 is 1.74 bits per heavy atom. The molecule has 1 aliphatic heterocycles. The molecule has 0 spiro atoms. The first kappa shape index (κ1) is 20.7. The molecular weight excluding hydrogens is 422 g/mol. The van der Waals surface area contributed by atoms with E-state index in [2.05, 4.69) is 63.3 Å². The second-order valence-electron chi connectivity index (χ2n) is 8.77. The summed E-state index contributed by atoms with van der Waals surface area (Å²) in [6.45, 7) is 6.21. The predicted molar refractivity (Wildman–Crippen MR) is 138 cm³/mol. The van der Waals surface area contributed by atoms with Crippen molar-refractivity contribution in [3.05, 3.63) is 78.8 Å². The molecular formula is C28H27N5O. The van der Waals surface area contributed by atoms with Crippen molar-refractivity contribution in [3.8, 4) is 28.1 Å². The Hall–Kier alpha value is -3.90. The minimum atomic E-state index is 0.819. The maximum absolute atomic E-state index is 5.47. The van der Waals surface area contributed by atoms with Gasteiger partial charge in [0.1, 0.15) is 11.4 Å². The molecule has 0 aliphatic carbocycles. The number of hydrogen-bond acceptors (Lipinski definition) is 5. The van der Waals surface area contributed by atoms with E-state index < -0.39 is 0 Å². The van der Waals surface area contributed by atoms with Gasteiger partial charge in [0, 0.05) is 54.7 Å². The molecule has 4 heterocycles. The highest BCUT2D eigenvalue weighted by Gasteiger charge is 2.14. The Morgan fingerprint density at radius 3 is 2.53 bits per heavy atom. The van der Waals surface area contributed by atoms with Crippen LogP contribution in [0.4, 0.5) is 5.69 Å². The fourth-order valence-electron chi connectivity index (χ4n) is 4.82. The topological polar surface area (TPSA) is 54.7 Å². The molecule has 0 atom stereocenters. The van der Waals surface area contributed by atoms with Crippen molar-refractivity contribution < 1.29 is 4.74 Å². The van der Waals surface area contributed by atoms with Crippen molar-refractivity contribution in [2.45, 2.75) is 6.92 Å². The van der Waals surface area contributed by atoms with Crippen LogP contribution in [0.15, 0.2) is 73.1 Å². The largest absolute Gasteiger partial charge is 0.497 e. The molecule has 6 heteroatoms. The summed E-state index contributed by atoms with van der Waals surface area (Å²) in [4.78, 5) is 11.9. The number of rotatable bonds is 4. The van der Waals surface area contributed by atoms with Gasteiger partial charge >= 0.3 is 0 Å². The van der Waals surface area contributed by atoms with Gasteiger partial charge in [-0.15, -0.1) is 0 Å². The molecule has 0 unspecified atom stereocenters. The van der Waals surface area contributed by atoms with Crippen molar-refractivity contribution in [1.29, 1.82) is 0 Å². The SMILES string of the molecule is COc1ccc2nc(C)cc(-c3cnc4cc(-c5ccc(N6CCNCC6)cc5)ccn34)c2c1. The van der Waals surface area contributed by atoms with E-state index in [9.17, 15) is 0 Å². The van der Waals surface area contributed by atoms with Gasteiger partial charge in [-0.2, -0.15) is 0 Å². The maximum atomic E-state index is 5.47. The van der Waals surface area contributed by atoms with Crippen molar-refractivity contribution in [2.75, 3.05) is 38.2 Å². The third-order valence-electron chi connectivity index (χ3n) is 6.62. The van der Waals surface area contributed by atoms with Gasteiger partial charge in [-0.1, -0.05) is 12.1 Å². The van der Waals surface area contributed by atoms with E-state index in [1.807, 2.05) is 31.3 Å². The molecule has 6 rings (SSSR count). The molecule has 0 bridgehead atoms. The normalized spacial score (nSPS) is 14.1. The lowest BCUT2D eigenvalue weighted by Gasteiger charge is -2.29. The zero-order valence-corrected chi connectivity index (χ0v) is 19.5. The van der Waals surface area contributed by atoms with Gasteiger partial charge < -0.3 is 15.0 Å². The van der Waals surface area contributed by atoms with E-state index >= 15 is 0 Å². The quantitative estimate of drug-likeness (QED) is 0.421. The Labute approximate surface area is 198 Å². The number of aromatic nitrogens is 3. The lowest BCUT2D eigenvalue weighted by atomic mass is 10.0. The first-order valence-electron chi connectivity index (χ1n) is 11.7. The van der Waals surface area contributed by atoms with Gasteiger partial charge in [0.15, 0.2) is 0 Å². The molecule has 0 amide bonds. The second kappa shape index (κ2) is 8.47. The van der Waals surface area contributed by atoms with E-state index in [1.54, 1.807) is 7.11 Å². The number of piperazine rings is 1. The lowest BCUT2D eigenvalue weighted by molar-refractivity contribution is 0.415. The van der Waals surface area contributed by atoms with Gasteiger partial charge in [-0.25, -0.2) is 4.98 Å². The minimum Gasteiger partial charge on any atom is -0.497 e. The summed E-state index contributed by atoms with van der Waals surface area (Å²) in [7, 11) is 1.69. The van der Waals surface area contributed by atoms with Gasteiger partial charge in [-0.3, -0.25) is 9.38 Å². The summed E-state index contributed by atoms with van der Waals surface area (Å²) in [5, 5.41) is 4.47. The fourth-order valence-corrected chi connectivity index (χ4v) is 4.82. The van der Waals surface area contributed by atoms with Crippen LogP contribution in [0.25, 0.3) is 38.9 Å². The standard InChI is InChI=1S/C28H27N5O/c1-19-15-25(24-17-23(34-2)7-8-26(24)31-19)27-18-30-28-16-21(9-12-33(27)28)20-3-5-22(6-4-20)32-13-10-29-11-14-32/h3-9,12,15-18,29H,10-11,13-14H2,1-2H3. The Kier molecular flexibility index (Phi) is 5.15. The number of ether oxygens (including phenoxy) is 1. The molecule has 170 valence electrons. The Morgan fingerprint density at radius 1 is 0.912 bits per heavy atom. The third kappa shape index (κ3) is 3.66. The van der Waals surface area contributed by atoms with E-state index in [4.69, 9.17) is 14.7 Å². The fraction of sp³-hybridized carbons (Fsp3) is 0.214. The first-order valence-corrected chi connectivity index (χ1v) is 11.7. The second-order valence-corrected chi connectivity index (χ2v) is 8.77. The molecule has 0 saturated carbocycles. The van der Waals surface area contributed by atoms with Crippen LogP contribution in [0, 0.1) is 6.92 Å². The molecule has 0 radical (unpaired) electrons. The number of aryl methyl sites for hydroxylation is 1. The number of nitrogens with zero attached hydrogens (tertiary/aromatic N) is 4. The summed E-state index contributed by atoms with van der Waals surface area (Å²) in [6, 6.07) is 21.3. The van der Waals surface area contributed by atoms with Crippen LogP contribution in [-0.4, -0.2) is 47.7 Å². The highest BCUT2D eigenvalue weighted by atomic mass is 16.5. The number of imidazole rings is 1. The van der Waals surface area contributed by atoms with Crippen LogP contribution in [0.5, 0.6) is 5.75 Å². The van der Waals surface area contributed by atoms with Crippen LogP contribution in [0.3, 0.4) is 0 Å². The smallest absolute Gasteiger partial charge is 0.137 e. The average Bonchev–Trinajstić information content (AvgIpc) is 3.32. The van der Waals surface area contributed by atoms with Crippen LogP contribution in [-0.2, 0) is 0 Å². The number of fused-ring (bicyclic) bond motifs is 2. The first-order chi connectivity index (χ1) is 16.7. The number of methoxy groups -OCH3 is 1. The van der Waals surface area contributed by atoms with E-state index in [-0.39, 0.29) is 0 Å². The maximum Gasteiger partial charge on any atom is 0.137 e. The minimum absolute atomic E-state index is 0.819. The molecule has 1 saturated heterocycles. The average molecular weight is 450 g/mol. The number of nitrogens with one attached hydrogen (secondary N) is 1. The molecule has 5 aromatic rings. The number of pyridine rings is 2. The summed E-state index contributed by atoms with van der Waals surface area (Å²) in [5.74, 6) is 0.819. The monoisotopic (exact) mass is 449 g/mol. The van der Waals surface area contributed by atoms with Crippen molar-refractivity contribution in [3.63, 3.8) is 0 Å². The van der Waals surface area contributed by atoms with Crippen LogP contribution < -0.4 is 15.0 Å². The van der Waals surface area contributed by atoms with Gasteiger partial charge in [0.25, 0.3) is 0 Å².